The van der Waals surface area contributed by atoms with Gasteiger partial charge in [-0.25, -0.2) is 26.3 Å². The lowest BCUT2D eigenvalue weighted by atomic mass is 10.2. The van der Waals surface area contributed by atoms with E-state index < -0.39 is 20.0 Å². The smallest absolute Gasteiger partial charge is 0.240 e. The average molecular weight is 307 g/mol. The van der Waals surface area contributed by atoms with E-state index in [9.17, 15) is 16.8 Å². The van der Waals surface area contributed by atoms with E-state index in [-0.39, 0.29) is 24.5 Å². The molecule has 0 aliphatic carbocycles. The molecule has 0 radical (unpaired) electrons. The summed E-state index contributed by atoms with van der Waals surface area (Å²) in [6.45, 7) is 0.218. The van der Waals surface area contributed by atoms with Gasteiger partial charge in [-0.3, -0.25) is 0 Å². The Hall–Kier alpha value is -1.00. The Morgan fingerprint density at radius 1 is 1.11 bits per heavy atom. The van der Waals surface area contributed by atoms with Crippen LogP contribution in [-0.4, -0.2) is 36.2 Å². The van der Waals surface area contributed by atoms with Crippen molar-refractivity contribution in [1.82, 2.24) is 9.44 Å². The van der Waals surface area contributed by atoms with Crippen LogP contribution in [0.1, 0.15) is 5.56 Å². The third kappa shape index (κ3) is 5.66. The van der Waals surface area contributed by atoms with Crippen molar-refractivity contribution in [2.75, 3.05) is 19.3 Å². The van der Waals surface area contributed by atoms with Crippen LogP contribution in [0.2, 0.25) is 0 Å². The molecule has 0 aliphatic heterocycles. The second kappa shape index (κ2) is 6.44. The van der Waals surface area contributed by atoms with Crippen LogP contribution in [0.5, 0.6) is 0 Å². The van der Waals surface area contributed by atoms with Gasteiger partial charge in [0.05, 0.1) is 11.2 Å². The van der Waals surface area contributed by atoms with E-state index in [4.69, 9.17) is 5.73 Å². The Morgan fingerprint density at radius 2 is 1.74 bits per heavy atom. The second-order valence-electron chi connectivity index (χ2n) is 3.92. The summed E-state index contributed by atoms with van der Waals surface area (Å²) in [6, 6.07) is 6.26. The van der Waals surface area contributed by atoms with Gasteiger partial charge in [0.2, 0.25) is 20.0 Å². The molecule has 0 saturated carbocycles. The topological polar surface area (TPSA) is 118 Å². The second-order valence-corrected chi connectivity index (χ2v) is 7.52. The molecule has 0 fully saturated rings. The number of benzene rings is 1. The largest absolute Gasteiger partial charge is 0.326 e. The van der Waals surface area contributed by atoms with E-state index in [2.05, 4.69) is 9.44 Å². The first-order valence-corrected chi connectivity index (χ1v) is 8.85. The number of rotatable bonds is 7. The van der Waals surface area contributed by atoms with Gasteiger partial charge in [-0.1, -0.05) is 12.1 Å². The van der Waals surface area contributed by atoms with Crippen LogP contribution in [0, 0.1) is 0 Å². The molecule has 108 valence electrons. The lowest BCUT2D eigenvalue weighted by Crippen LogP contribution is -2.34. The third-order valence-corrected chi connectivity index (χ3v) is 4.41. The van der Waals surface area contributed by atoms with Crippen molar-refractivity contribution in [3.05, 3.63) is 29.8 Å². The quantitative estimate of drug-likeness (QED) is 0.557. The van der Waals surface area contributed by atoms with Crippen LogP contribution in [0.3, 0.4) is 0 Å². The van der Waals surface area contributed by atoms with Gasteiger partial charge in [0.1, 0.15) is 0 Å². The first-order valence-electron chi connectivity index (χ1n) is 5.48. The van der Waals surface area contributed by atoms with Crippen LogP contribution < -0.4 is 15.2 Å². The molecule has 0 atom stereocenters. The summed E-state index contributed by atoms with van der Waals surface area (Å²) in [6.07, 6.45) is 1.01. The van der Waals surface area contributed by atoms with Crippen LogP contribution >= 0.6 is 0 Å². The minimum Gasteiger partial charge on any atom is -0.326 e. The molecular weight excluding hydrogens is 290 g/mol. The number of sulfonamides is 2. The maximum atomic E-state index is 11.9. The molecule has 1 rings (SSSR count). The maximum absolute atomic E-state index is 11.9. The minimum atomic E-state index is -3.65. The molecule has 1 aromatic carbocycles. The number of nitrogens with one attached hydrogen (secondary N) is 2. The van der Waals surface area contributed by atoms with E-state index in [1.165, 1.54) is 12.1 Å². The molecule has 7 nitrogen and oxygen atoms in total. The van der Waals surface area contributed by atoms with Gasteiger partial charge in [-0.15, -0.1) is 0 Å². The maximum Gasteiger partial charge on any atom is 0.240 e. The summed E-state index contributed by atoms with van der Waals surface area (Å²) < 4.78 is 49.9. The zero-order valence-electron chi connectivity index (χ0n) is 10.5. The molecule has 4 N–H and O–H groups in total. The molecule has 0 amide bonds. The Labute approximate surface area is 113 Å². The van der Waals surface area contributed by atoms with Crippen molar-refractivity contribution in [2.24, 2.45) is 5.73 Å². The molecule has 0 heterocycles. The number of nitrogens with two attached hydrogens (primary N) is 1. The number of hydrogen-bond donors (Lipinski definition) is 3. The van der Waals surface area contributed by atoms with E-state index in [0.29, 0.717) is 5.56 Å². The van der Waals surface area contributed by atoms with Gasteiger partial charge < -0.3 is 5.73 Å². The molecule has 0 spiro atoms. The summed E-state index contributed by atoms with van der Waals surface area (Å²) in [5, 5.41) is 0. The molecule has 9 heteroatoms. The van der Waals surface area contributed by atoms with E-state index in [0.717, 1.165) is 6.26 Å². The van der Waals surface area contributed by atoms with Crippen LogP contribution in [0.4, 0.5) is 0 Å². The fraction of sp³-hybridized carbons (Fsp3) is 0.400. The molecule has 1 aromatic rings. The molecular formula is C10H17N3O4S2. The first-order chi connectivity index (χ1) is 8.74. The van der Waals surface area contributed by atoms with Crippen molar-refractivity contribution >= 4 is 20.0 Å². The van der Waals surface area contributed by atoms with Crippen LogP contribution in [0.15, 0.2) is 29.2 Å². The molecule has 0 saturated heterocycles. The molecule has 0 unspecified atom stereocenters. The monoisotopic (exact) mass is 307 g/mol. The highest BCUT2D eigenvalue weighted by atomic mass is 32.2. The van der Waals surface area contributed by atoms with Crippen molar-refractivity contribution in [3.8, 4) is 0 Å². The number of hydrogen-bond acceptors (Lipinski definition) is 5. The normalized spacial score (nSPS) is 12.5. The van der Waals surface area contributed by atoms with Crippen LogP contribution in [-0.2, 0) is 26.6 Å². The lowest BCUT2D eigenvalue weighted by molar-refractivity contribution is 0.573. The van der Waals surface area contributed by atoms with Crippen LogP contribution in [0.25, 0.3) is 0 Å². The molecule has 0 bridgehead atoms. The Bertz CT molecular complexity index is 626. The zero-order valence-corrected chi connectivity index (χ0v) is 12.1. The molecule has 19 heavy (non-hydrogen) atoms. The van der Waals surface area contributed by atoms with Gasteiger partial charge in [-0.05, 0) is 17.7 Å². The average Bonchev–Trinajstić information content (AvgIpc) is 2.34. The minimum absolute atomic E-state index is 0.00531. The van der Waals surface area contributed by atoms with Crippen molar-refractivity contribution in [2.45, 2.75) is 11.4 Å². The summed E-state index contributed by atoms with van der Waals surface area (Å²) in [4.78, 5) is 0.106. The summed E-state index contributed by atoms with van der Waals surface area (Å²) >= 11 is 0. The van der Waals surface area contributed by atoms with Crippen molar-refractivity contribution in [3.63, 3.8) is 0 Å². The highest BCUT2D eigenvalue weighted by molar-refractivity contribution is 7.89. The van der Waals surface area contributed by atoms with E-state index >= 15 is 0 Å². The SMILES string of the molecule is CS(=O)(=O)NCCNS(=O)(=O)c1cccc(CN)c1. The summed E-state index contributed by atoms with van der Waals surface area (Å²) in [7, 11) is -6.97. The van der Waals surface area contributed by atoms with Gasteiger partial charge in [0.25, 0.3) is 0 Å². The zero-order chi connectivity index (χ0) is 14.5. The van der Waals surface area contributed by atoms with Gasteiger partial charge in [-0.2, -0.15) is 0 Å². The fourth-order valence-corrected chi connectivity index (χ4v) is 2.92. The summed E-state index contributed by atoms with van der Waals surface area (Å²) in [5.74, 6) is 0. The Balaban J connectivity index is 2.65. The fourth-order valence-electron chi connectivity index (χ4n) is 1.34. The van der Waals surface area contributed by atoms with Crippen molar-refractivity contribution < 1.29 is 16.8 Å². The van der Waals surface area contributed by atoms with E-state index in [1.54, 1.807) is 12.1 Å². The Kier molecular flexibility index (Phi) is 5.44. The first kappa shape index (κ1) is 16.1. The van der Waals surface area contributed by atoms with Gasteiger partial charge >= 0.3 is 0 Å². The van der Waals surface area contributed by atoms with Gasteiger partial charge in [0, 0.05) is 19.6 Å². The van der Waals surface area contributed by atoms with Gasteiger partial charge in [0.15, 0.2) is 0 Å². The standard InChI is InChI=1S/C10H17N3O4S2/c1-18(14,15)12-5-6-13-19(16,17)10-4-2-3-9(7-10)8-11/h2-4,7,12-13H,5-6,8,11H2,1H3. The highest BCUT2D eigenvalue weighted by Crippen LogP contribution is 2.10. The predicted octanol–water partition coefficient (Wildman–Crippen LogP) is -1.03. The third-order valence-electron chi connectivity index (χ3n) is 2.23. The van der Waals surface area contributed by atoms with E-state index in [1.807, 2.05) is 0 Å². The summed E-state index contributed by atoms with van der Waals surface area (Å²) in [5.41, 5.74) is 6.15. The highest BCUT2D eigenvalue weighted by Gasteiger charge is 2.13. The molecule has 0 aliphatic rings. The van der Waals surface area contributed by atoms with Crippen molar-refractivity contribution in [1.29, 1.82) is 0 Å². The molecule has 0 aromatic heterocycles. The predicted molar refractivity (Wildman–Crippen MR) is 72.4 cm³/mol. The Morgan fingerprint density at radius 3 is 2.32 bits per heavy atom. The lowest BCUT2D eigenvalue weighted by Gasteiger charge is -2.08.